The predicted molar refractivity (Wildman–Crippen MR) is 87.3 cm³/mol. The topological polar surface area (TPSA) is 101 Å². The fourth-order valence-corrected chi connectivity index (χ4v) is 4.21. The molecule has 2 amide bonds. The highest BCUT2D eigenvalue weighted by Crippen LogP contribution is 2.44. The molecule has 7 nitrogen and oxygen atoms in total. The smallest absolute Gasteiger partial charge is 0.371 e. The third-order valence-corrected chi connectivity index (χ3v) is 5.51. The number of aliphatic hydroxyl groups is 1. The molecule has 25 heavy (non-hydrogen) atoms. The van der Waals surface area contributed by atoms with Crippen LogP contribution in [0, 0.1) is 11.8 Å². The summed E-state index contributed by atoms with van der Waals surface area (Å²) in [5.41, 5.74) is -0.766. The lowest BCUT2D eigenvalue weighted by Gasteiger charge is -2.27. The Kier molecular flexibility index (Phi) is 4.57. The van der Waals surface area contributed by atoms with Crippen molar-refractivity contribution in [3.8, 4) is 0 Å². The van der Waals surface area contributed by atoms with Crippen molar-refractivity contribution in [3.05, 3.63) is 34.9 Å². The Hall–Kier alpha value is -1.96. The molecule has 3 rings (SSSR count). The number of hydrogen-bond acceptors (Lipinski definition) is 5. The average Bonchev–Trinajstić information content (AvgIpc) is 3.10. The number of aliphatic hydroxyl groups excluding tert-OH is 1. The van der Waals surface area contributed by atoms with Crippen LogP contribution in [0.4, 0.5) is 0 Å². The van der Waals surface area contributed by atoms with E-state index < -0.39 is 41.9 Å². The molecule has 2 aliphatic heterocycles. The molecule has 2 aliphatic rings. The molecule has 0 aromatic heterocycles. The number of ether oxygens (including phenoxy) is 1. The van der Waals surface area contributed by atoms with Crippen LogP contribution in [0.15, 0.2) is 24.3 Å². The number of amides is 2. The minimum atomic E-state index is -1.53. The summed E-state index contributed by atoms with van der Waals surface area (Å²) in [7, 11) is 1.21. The van der Waals surface area contributed by atoms with Crippen molar-refractivity contribution in [3.63, 3.8) is 0 Å². The van der Waals surface area contributed by atoms with Gasteiger partial charge in [-0.2, -0.15) is 0 Å². The molecule has 1 aromatic rings. The molecule has 2 fully saturated rings. The van der Waals surface area contributed by atoms with Gasteiger partial charge >= 0.3 is 5.97 Å². The van der Waals surface area contributed by atoms with Gasteiger partial charge in [0.1, 0.15) is 24.5 Å². The molecule has 0 saturated carbocycles. The lowest BCUT2D eigenvalue weighted by molar-refractivity contribution is -0.735. The molecule has 2 saturated heterocycles. The van der Waals surface area contributed by atoms with Crippen LogP contribution in [-0.4, -0.2) is 53.6 Å². The van der Waals surface area contributed by atoms with Crippen LogP contribution in [0.1, 0.15) is 18.5 Å². The normalized spacial score (nSPS) is 31.4. The summed E-state index contributed by atoms with van der Waals surface area (Å²) in [6.07, 6.45) is 0. The maximum atomic E-state index is 12.8. The highest BCUT2D eigenvalue weighted by Gasteiger charge is 2.72. The summed E-state index contributed by atoms with van der Waals surface area (Å²) in [5.74, 6) is -3.17. The fraction of sp³-hybridized carbons (Fsp3) is 0.471. The molecule has 0 aliphatic carbocycles. The summed E-state index contributed by atoms with van der Waals surface area (Å²) in [6.45, 7) is 1.33. The van der Waals surface area contributed by atoms with Crippen LogP contribution >= 0.6 is 11.6 Å². The number of quaternary nitrogens is 1. The van der Waals surface area contributed by atoms with Gasteiger partial charge in [0.05, 0.1) is 7.11 Å². The molecule has 0 unspecified atom stereocenters. The van der Waals surface area contributed by atoms with Gasteiger partial charge in [0.15, 0.2) is 0 Å². The lowest BCUT2D eigenvalue weighted by atomic mass is 9.79. The molecule has 0 spiro atoms. The molecule has 0 bridgehead atoms. The second-order valence-electron chi connectivity index (χ2n) is 6.36. The van der Waals surface area contributed by atoms with E-state index in [2.05, 4.69) is 0 Å². The maximum Gasteiger partial charge on any atom is 0.371 e. The van der Waals surface area contributed by atoms with E-state index in [1.165, 1.54) is 7.11 Å². The number of halogens is 1. The van der Waals surface area contributed by atoms with Gasteiger partial charge in [0.2, 0.25) is 17.4 Å². The number of esters is 1. The SMILES string of the molecule is CCN1C(=O)[C@H]2[C@@H](C1=O)[C@](CO)(C(=O)OC)[NH2+][C@H]2c1ccc(Cl)cc1. The monoisotopic (exact) mass is 367 g/mol. The highest BCUT2D eigenvalue weighted by atomic mass is 35.5. The summed E-state index contributed by atoms with van der Waals surface area (Å²) >= 11 is 5.93. The van der Waals surface area contributed by atoms with E-state index in [4.69, 9.17) is 16.3 Å². The van der Waals surface area contributed by atoms with E-state index >= 15 is 0 Å². The van der Waals surface area contributed by atoms with Crippen molar-refractivity contribution in [2.24, 2.45) is 11.8 Å². The number of likely N-dealkylation sites (tertiary alicyclic amines) is 1. The summed E-state index contributed by atoms with van der Waals surface area (Å²) in [5, 5.41) is 12.1. The maximum absolute atomic E-state index is 12.8. The van der Waals surface area contributed by atoms with Crippen molar-refractivity contribution in [1.82, 2.24) is 4.90 Å². The molecule has 1 aromatic carbocycles. The van der Waals surface area contributed by atoms with E-state index in [0.29, 0.717) is 5.02 Å². The highest BCUT2D eigenvalue weighted by molar-refractivity contribution is 6.30. The van der Waals surface area contributed by atoms with Crippen molar-refractivity contribution < 1.29 is 29.5 Å². The van der Waals surface area contributed by atoms with Crippen molar-refractivity contribution in [2.45, 2.75) is 18.5 Å². The number of hydrogen-bond donors (Lipinski definition) is 2. The fourth-order valence-electron chi connectivity index (χ4n) is 4.08. The molecule has 2 heterocycles. The number of imide groups is 1. The Balaban J connectivity index is 2.13. The largest absolute Gasteiger partial charge is 0.464 e. The van der Waals surface area contributed by atoms with Crippen molar-refractivity contribution >= 4 is 29.4 Å². The van der Waals surface area contributed by atoms with Gasteiger partial charge in [-0.1, -0.05) is 23.7 Å². The van der Waals surface area contributed by atoms with Gasteiger partial charge in [-0.3, -0.25) is 14.5 Å². The first-order valence-corrected chi connectivity index (χ1v) is 8.45. The number of nitrogens with two attached hydrogens (primary N) is 1. The lowest BCUT2D eigenvalue weighted by Crippen LogP contribution is -2.99. The number of rotatable bonds is 4. The van der Waals surface area contributed by atoms with Gasteiger partial charge in [-0.05, 0) is 19.1 Å². The van der Waals surface area contributed by atoms with Crippen LogP contribution in [0.25, 0.3) is 0 Å². The first-order chi connectivity index (χ1) is 11.9. The number of carbonyl (C=O) groups is 3. The van der Waals surface area contributed by atoms with Crippen molar-refractivity contribution in [2.75, 3.05) is 20.3 Å². The zero-order chi connectivity index (χ0) is 18.4. The molecule has 3 N–H and O–H groups in total. The predicted octanol–water partition coefficient (Wildman–Crippen LogP) is -0.517. The van der Waals surface area contributed by atoms with Crippen LogP contribution in [0.2, 0.25) is 5.02 Å². The number of fused-ring (bicyclic) bond motifs is 1. The first-order valence-electron chi connectivity index (χ1n) is 8.07. The van der Waals surface area contributed by atoms with Crippen LogP contribution in [0.5, 0.6) is 0 Å². The van der Waals surface area contributed by atoms with E-state index in [1.807, 2.05) is 0 Å². The standard InChI is InChI=1S/C17H19ClN2O5/c1-3-20-14(22)11-12(15(20)23)17(8-21,16(24)25-2)19-13(11)9-4-6-10(18)7-5-9/h4-7,11-13,19,21H,3,8H2,1-2H3/p+1/t11-,12-,13-,17+/m0/s1. The number of benzene rings is 1. The number of nitrogens with zero attached hydrogens (tertiary/aromatic N) is 1. The van der Waals surface area contributed by atoms with E-state index in [9.17, 15) is 19.5 Å². The van der Waals surface area contributed by atoms with E-state index in [-0.39, 0.29) is 12.5 Å². The Morgan fingerprint density at radius 1 is 1.32 bits per heavy atom. The molecular formula is C17H20ClN2O5+. The molecule has 4 atom stereocenters. The molecule has 8 heteroatoms. The minimum Gasteiger partial charge on any atom is -0.464 e. The Bertz CT molecular complexity index is 722. The van der Waals surface area contributed by atoms with Gasteiger partial charge in [-0.25, -0.2) is 4.79 Å². The molecule has 0 radical (unpaired) electrons. The number of methoxy groups -OCH3 is 1. The van der Waals surface area contributed by atoms with Crippen LogP contribution < -0.4 is 5.32 Å². The molecular weight excluding hydrogens is 348 g/mol. The van der Waals surface area contributed by atoms with Crippen molar-refractivity contribution in [1.29, 1.82) is 0 Å². The van der Waals surface area contributed by atoms with Gasteiger partial charge < -0.3 is 15.2 Å². The number of carbonyl (C=O) groups excluding carboxylic acids is 3. The minimum absolute atomic E-state index is 0.223. The van der Waals surface area contributed by atoms with Crippen LogP contribution in [0.3, 0.4) is 0 Å². The van der Waals surface area contributed by atoms with E-state index in [0.717, 1.165) is 10.5 Å². The second kappa shape index (κ2) is 6.40. The Morgan fingerprint density at radius 3 is 2.48 bits per heavy atom. The summed E-state index contributed by atoms with van der Waals surface area (Å²) in [6, 6.07) is 6.42. The zero-order valence-electron chi connectivity index (χ0n) is 13.9. The third-order valence-electron chi connectivity index (χ3n) is 5.26. The van der Waals surface area contributed by atoms with Gasteiger partial charge in [0.25, 0.3) is 0 Å². The van der Waals surface area contributed by atoms with Crippen LogP contribution in [-0.2, 0) is 19.1 Å². The average molecular weight is 368 g/mol. The second-order valence-corrected chi connectivity index (χ2v) is 6.79. The first kappa shape index (κ1) is 17.8. The summed E-state index contributed by atoms with van der Waals surface area (Å²) < 4.78 is 4.86. The van der Waals surface area contributed by atoms with Gasteiger partial charge in [0, 0.05) is 17.1 Å². The third kappa shape index (κ3) is 2.46. The quantitative estimate of drug-likeness (QED) is 0.551. The zero-order valence-corrected chi connectivity index (χ0v) is 14.7. The Morgan fingerprint density at radius 2 is 1.96 bits per heavy atom. The van der Waals surface area contributed by atoms with E-state index in [1.54, 1.807) is 36.5 Å². The summed E-state index contributed by atoms with van der Waals surface area (Å²) in [4.78, 5) is 39.2. The molecule has 134 valence electrons. The Labute approximate surface area is 149 Å². The van der Waals surface area contributed by atoms with Gasteiger partial charge in [-0.15, -0.1) is 0 Å².